The van der Waals surface area contributed by atoms with Gasteiger partial charge in [0.1, 0.15) is 4.90 Å². The average molecular weight is 336 g/mol. The summed E-state index contributed by atoms with van der Waals surface area (Å²) in [6.45, 7) is 2.18. The van der Waals surface area contributed by atoms with E-state index in [0.29, 0.717) is 5.02 Å². The van der Waals surface area contributed by atoms with Gasteiger partial charge in [-0.1, -0.05) is 36.5 Å². The molecule has 0 unspecified atom stereocenters. The molecule has 1 aliphatic carbocycles. The number of sulfonamides is 1. The summed E-state index contributed by atoms with van der Waals surface area (Å²) >= 11 is 11.8. The Balaban J connectivity index is 2.10. The van der Waals surface area contributed by atoms with E-state index in [1.54, 1.807) is 6.07 Å². The Morgan fingerprint density at radius 3 is 2.45 bits per heavy atom. The predicted octanol–water partition coefficient (Wildman–Crippen LogP) is 4.24. The summed E-state index contributed by atoms with van der Waals surface area (Å²) in [4.78, 5) is 0.0595. The predicted molar refractivity (Wildman–Crippen MR) is 82.8 cm³/mol. The van der Waals surface area contributed by atoms with Crippen LogP contribution in [0.1, 0.15) is 39.0 Å². The largest absolute Gasteiger partial charge is 0.242 e. The minimum atomic E-state index is -3.60. The van der Waals surface area contributed by atoms with Crippen LogP contribution in [0.15, 0.2) is 23.1 Å². The maximum Gasteiger partial charge on any atom is 0.242 e. The Morgan fingerprint density at radius 2 is 1.85 bits per heavy atom. The normalized spacial score (nSPS) is 23.8. The maximum atomic E-state index is 12.4. The highest BCUT2D eigenvalue weighted by Crippen LogP contribution is 2.29. The lowest BCUT2D eigenvalue weighted by atomic mass is 9.85. The van der Waals surface area contributed by atoms with Crippen molar-refractivity contribution in [3.63, 3.8) is 0 Å². The fourth-order valence-corrected chi connectivity index (χ4v) is 4.72. The molecule has 1 aromatic rings. The van der Waals surface area contributed by atoms with Crippen LogP contribution in [0.25, 0.3) is 0 Å². The summed E-state index contributed by atoms with van der Waals surface area (Å²) in [7, 11) is -3.60. The number of halogens is 2. The first-order chi connectivity index (χ1) is 9.42. The van der Waals surface area contributed by atoms with Crippen molar-refractivity contribution in [1.29, 1.82) is 0 Å². The molecule has 6 heteroatoms. The Kier molecular flexibility index (Phi) is 5.35. The van der Waals surface area contributed by atoms with Crippen LogP contribution >= 0.6 is 23.2 Å². The zero-order valence-corrected chi connectivity index (χ0v) is 13.7. The van der Waals surface area contributed by atoms with E-state index < -0.39 is 10.0 Å². The Labute approximate surface area is 130 Å². The fraction of sp³-hybridized carbons (Fsp3) is 0.571. The van der Waals surface area contributed by atoms with Crippen molar-refractivity contribution in [2.24, 2.45) is 5.92 Å². The lowest BCUT2D eigenvalue weighted by molar-refractivity contribution is 0.306. The van der Waals surface area contributed by atoms with Gasteiger partial charge in [0.15, 0.2) is 0 Å². The highest BCUT2D eigenvalue weighted by atomic mass is 35.5. The number of hydrogen-bond acceptors (Lipinski definition) is 2. The Morgan fingerprint density at radius 1 is 1.20 bits per heavy atom. The van der Waals surface area contributed by atoms with Crippen LogP contribution < -0.4 is 4.72 Å². The maximum absolute atomic E-state index is 12.4. The van der Waals surface area contributed by atoms with Crippen molar-refractivity contribution in [2.75, 3.05) is 0 Å². The molecule has 112 valence electrons. The van der Waals surface area contributed by atoms with Crippen molar-refractivity contribution in [3.05, 3.63) is 28.2 Å². The van der Waals surface area contributed by atoms with Crippen molar-refractivity contribution >= 4 is 33.2 Å². The molecule has 0 aromatic heterocycles. The minimum Gasteiger partial charge on any atom is -0.208 e. The first kappa shape index (κ1) is 16.1. The van der Waals surface area contributed by atoms with Gasteiger partial charge in [-0.15, -0.1) is 0 Å². The zero-order chi connectivity index (χ0) is 14.8. The van der Waals surface area contributed by atoms with Gasteiger partial charge in [0.05, 0.1) is 5.02 Å². The number of rotatable bonds is 4. The fourth-order valence-electron chi connectivity index (χ4n) is 2.65. The lowest BCUT2D eigenvalue weighted by Crippen LogP contribution is -2.37. The second-order valence-corrected chi connectivity index (χ2v) is 7.85. The van der Waals surface area contributed by atoms with Crippen LogP contribution in [0, 0.1) is 5.92 Å². The third kappa shape index (κ3) is 3.88. The van der Waals surface area contributed by atoms with E-state index in [0.717, 1.165) is 31.6 Å². The van der Waals surface area contributed by atoms with Crippen LogP contribution in [-0.4, -0.2) is 14.5 Å². The summed E-state index contributed by atoms with van der Waals surface area (Å²) in [6.07, 6.45) is 5.09. The molecule has 0 aliphatic heterocycles. The summed E-state index contributed by atoms with van der Waals surface area (Å²) in [5.41, 5.74) is 0. The molecule has 0 spiro atoms. The molecule has 2 rings (SSSR count). The molecule has 1 N–H and O–H groups in total. The topological polar surface area (TPSA) is 46.2 Å². The lowest BCUT2D eigenvalue weighted by Gasteiger charge is -2.28. The Hall–Kier alpha value is -0.290. The van der Waals surface area contributed by atoms with Crippen molar-refractivity contribution in [2.45, 2.75) is 50.0 Å². The highest BCUT2D eigenvalue weighted by Gasteiger charge is 2.26. The third-order valence-corrected chi connectivity index (χ3v) is 6.17. The smallest absolute Gasteiger partial charge is 0.208 e. The van der Waals surface area contributed by atoms with E-state index in [9.17, 15) is 8.42 Å². The van der Waals surface area contributed by atoms with Crippen LogP contribution in [0.4, 0.5) is 0 Å². The van der Waals surface area contributed by atoms with Crippen LogP contribution in [0.5, 0.6) is 0 Å². The van der Waals surface area contributed by atoms with Gasteiger partial charge in [0, 0.05) is 11.1 Å². The molecule has 0 radical (unpaired) electrons. The SMILES string of the molecule is CCC1CCC(NS(=O)(=O)c2cc(Cl)ccc2Cl)CC1. The van der Waals surface area contributed by atoms with Gasteiger partial charge in [-0.05, 0) is 49.8 Å². The Bertz CT molecular complexity index is 567. The molecule has 1 saturated carbocycles. The minimum absolute atomic E-state index is 0.00199. The molecule has 0 bridgehead atoms. The molecule has 20 heavy (non-hydrogen) atoms. The van der Waals surface area contributed by atoms with Crippen LogP contribution in [0.2, 0.25) is 10.0 Å². The van der Waals surface area contributed by atoms with Gasteiger partial charge in [-0.3, -0.25) is 0 Å². The number of hydrogen-bond donors (Lipinski definition) is 1. The molecular weight excluding hydrogens is 317 g/mol. The molecule has 0 heterocycles. The first-order valence-corrected chi connectivity index (χ1v) is 9.13. The van der Waals surface area contributed by atoms with E-state index in [2.05, 4.69) is 11.6 Å². The summed E-state index contributed by atoms with van der Waals surface area (Å²) in [5.74, 6) is 0.727. The molecular formula is C14H19Cl2NO2S. The van der Waals surface area contributed by atoms with Gasteiger partial charge in [0.2, 0.25) is 10.0 Å². The van der Waals surface area contributed by atoms with E-state index in [4.69, 9.17) is 23.2 Å². The van der Waals surface area contributed by atoms with Crippen LogP contribution in [0.3, 0.4) is 0 Å². The second-order valence-electron chi connectivity index (χ2n) is 5.32. The molecule has 1 aromatic carbocycles. The van der Waals surface area contributed by atoms with Gasteiger partial charge in [-0.2, -0.15) is 0 Å². The summed E-state index contributed by atoms with van der Waals surface area (Å²) in [6, 6.07) is 4.48. The molecule has 0 amide bonds. The van der Waals surface area contributed by atoms with Crippen molar-refractivity contribution in [3.8, 4) is 0 Å². The summed E-state index contributed by atoms with van der Waals surface area (Å²) < 4.78 is 27.5. The molecule has 1 fully saturated rings. The monoisotopic (exact) mass is 335 g/mol. The van der Waals surface area contributed by atoms with E-state index in [1.165, 1.54) is 18.6 Å². The van der Waals surface area contributed by atoms with Crippen molar-refractivity contribution < 1.29 is 8.42 Å². The van der Waals surface area contributed by atoms with Crippen molar-refractivity contribution in [1.82, 2.24) is 4.72 Å². The third-order valence-electron chi connectivity index (χ3n) is 3.93. The second kappa shape index (κ2) is 6.65. The quantitative estimate of drug-likeness (QED) is 0.894. The molecule has 3 nitrogen and oxygen atoms in total. The van der Waals surface area contributed by atoms with Gasteiger partial charge >= 0.3 is 0 Å². The van der Waals surface area contributed by atoms with Crippen LogP contribution in [-0.2, 0) is 10.0 Å². The zero-order valence-electron chi connectivity index (χ0n) is 11.4. The first-order valence-electron chi connectivity index (χ1n) is 6.89. The summed E-state index contributed by atoms with van der Waals surface area (Å²) in [5, 5.41) is 0.564. The van der Waals surface area contributed by atoms with Gasteiger partial charge in [0.25, 0.3) is 0 Å². The highest BCUT2D eigenvalue weighted by molar-refractivity contribution is 7.89. The van der Waals surface area contributed by atoms with E-state index in [-0.39, 0.29) is 16.0 Å². The number of benzene rings is 1. The van der Waals surface area contributed by atoms with E-state index in [1.807, 2.05) is 0 Å². The molecule has 1 aliphatic rings. The molecule has 0 atom stereocenters. The standard InChI is InChI=1S/C14H19Cl2NO2S/c1-2-10-3-6-12(7-4-10)17-20(18,19)14-9-11(15)5-8-13(14)16/h5,8-10,12,17H,2-4,6-7H2,1H3. The van der Waals surface area contributed by atoms with Gasteiger partial charge < -0.3 is 0 Å². The van der Waals surface area contributed by atoms with Gasteiger partial charge in [-0.25, -0.2) is 13.1 Å². The van der Waals surface area contributed by atoms with E-state index >= 15 is 0 Å². The number of nitrogens with one attached hydrogen (secondary N) is 1. The average Bonchev–Trinajstić information content (AvgIpc) is 2.42. The molecule has 0 saturated heterocycles.